The van der Waals surface area contributed by atoms with Gasteiger partial charge in [0.05, 0.1) is 12.4 Å². The Morgan fingerprint density at radius 3 is 2.76 bits per heavy atom. The standard InChI is InChI=1S/C13H21NO3/c1-13(2,3)12(16)9-14-7-6-10(15)11-5-4-8-17-11/h4-5,8,12,14,16H,6-7,9H2,1-3H3. The van der Waals surface area contributed by atoms with Crippen molar-refractivity contribution in [3.05, 3.63) is 24.2 Å². The van der Waals surface area contributed by atoms with Crippen molar-refractivity contribution in [1.29, 1.82) is 0 Å². The van der Waals surface area contributed by atoms with E-state index >= 15 is 0 Å². The number of carbonyl (C=O) groups is 1. The summed E-state index contributed by atoms with van der Waals surface area (Å²) in [4.78, 5) is 11.6. The van der Waals surface area contributed by atoms with Crippen LogP contribution in [-0.2, 0) is 0 Å². The molecule has 1 aromatic heterocycles. The minimum atomic E-state index is -0.416. The molecule has 1 atom stereocenters. The average Bonchev–Trinajstić information content (AvgIpc) is 2.75. The van der Waals surface area contributed by atoms with Gasteiger partial charge >= 0.3 is 0 Å². The maximum Gasteiger partial charge on any atom is 0.199 e. The molecule has 4 heteroatoms. The number of hydrogen-bond acceptors (Lipinski definition) is 4. The molecule has 1 heterocycles. The van der Waals surface area contributed by atoms with Crippen molar-refractivity contribution < 1.29 is 14.3 Å². The van der Waals surface area contributed by atoms with E-state index in [1.807, 2.05) is 20.8 Å². The molecule has 0 radical (unpaired) electrons. The Kier molecular flexibility index (Phi) is 4.90. The first kappa shape index (κ1) is 13.9. The predicted octanol–water partition coefficient (Wildman–Crippen LogP) is 1.85. The minimum absolute atomic E-state index is 0.0206. The molecule has 0 amide bonds. The smallest absolute Gasteiger partial charge is 0.199 e. The molecule has 4 nitrogen and oxygen atoms in total. The van der Waals surface area contributed by atoms with Crippen molar-refractivity contribution in [3.63, 3.8) is 0 Å². The molecule has 0 aliphatic heterocycles. The third kappa shape index (κ3) is 4.71. The van der Waals surface area contributed by atoms with E-state index in [1.165, 1.54) is 6.26 Å². The van der Waals surface area contributed by atoms with E-state index in [0.717, 1.165) is 0 Å². The lowest BCUT2D eigenvalue weighted by Gasteiger charge is -2.25. The molecule has 0 aliphatic rings. The van der Waals surface area contributed by atoms with Crippen molar-refractivity contribution in [3.8, 4) is 0 Å². The molecule has 96 valence electrons. The number of rotatable bonds is 6. The highest BCUT2D eigenvalue weighted by Crippen LogP contribution is 2.18. The van der Waals surface area contributed by atoms with E-state index in [1.54, 1.807) is 12.1 Å². The number of hydrogen-bond donors (Lipinski definition) is 2. The quantitative estimate of drug-likeness (QED) is 0.587. The number of carbonyl (C=O) groups excluding carboxylic acids is 1. The Balaban J connectivity index is 2.19. The second-order valence-electron chi connectivity index (χ2n) is 5.24. The third-order valence-corrected chi connectivity index (χ3v) is 2.66. The zero-order valence-electron chi connectivity index (χ0n) is 10.7. The van der Waals surface area contributed by atoms with Crippen LogP contribution in [0.2, 0.25) is 0 Å². The fraction of sp³-hybridized carbons (Fsp3) is 0.615. The Morgan fingerprint density at radius 1 is 1.53 bits per heavy atom. The van der Waals surface area contributed by atoms with Gasteiger partial charge in [-0.15, -0.1) is 0 Å². The molecule has 0 aliphatic carbocycles. The minimum Gasteiger partial charge on any atom is -0.461 e. The summed E-state index contributed by atoms with van der Waals surface area (Å²) < 4.78 is 5.00. The van der Waals surface area contributed by atoms with Crippen LogP contribution < -0.4 is 5.32 Å². The van der Waals surface area contributed by atoms with E-state index in [2.05, 4.69) is 5.32 Å². The van der Waals surface area contributed by atoms with Gasteiger partial charge in [-0.3, -0.25) is 4.79 Å². The van der Waals surface area contributed by atoms with Crippen LogP contribution in [-0.4, -0.2) is 30.1 Å². The summed E-state index contributed by atoms with van der Waals surface area (Å²) >= 11 is 0. The lowest BCUT2D eigenvalue weighted by Crippen LogP contribution is -2.37. The molecule has 0 bridgehead atoms. The molecular formula is C13H21NO3. The maximum absolute atomic E-state index is 11.6. The Morgan fingerprint density at radius 2 is 2.24 bits per heavy atom. The van der Waals surface area contributed by atoms with Crippen molar-refractivity contribution in [2.45, 2.75) is 33.3 Å². The predicted molar refractivity (Wildman–Crippen MR) is 66.0 cm³/mol. The van der Waals surface area contributed by atoms with E-state index in [-0.39, 0.29) is 11.2 Å². The summed E-state index contributed by atoms with van der Waals surface area (Å²) in [5.74, 6) is 0.371. The van der Waals surface area contributed by atoms with Gasteiger partial charge in [-0.1, -0.05) is 20.8 Å². The van der Waals surface area contributed by atoms with Crippen molar-refractivity contribution in [1.82, 2.24) is 5.32 Å². The summed E-state index contributed by atoms with van der Waals surface area (Å²) in [6, 6.07) is 3.36. The van der Waals surface area contributed by atoms with Gasteiger partial charge in [0.2, 0.25) is 0 Å². The summed E-state index contributed by atoms with van der Waals surface area (Å²) in [5, 5.41) is 12.8. The van der Waals surface area contributed by atoms with Gasteiger partial charge in [0, 0.05) is 19.5 Å². The van der Waals surface area contributed by atoms with Gasteiger partial charge < -0.3 is 14.8 Å². The first-order valence-electron chi connectivity index (χ1n) is 5.87. The Hall–Kier alpha value is -1.13. The summed E-state index contributed by atoms with van der Waals surface area (Å²) in [5.41, 5.74) is -0.141. The van der Waals surface area contributed by atoms with Crippen LogP contribution in [0.25, 0.3) is 0 Å². The highest BCUT2D eigenvalue weighted by molar-refractivity contribution is 5.93. The molecule has 2 N–H and O–H groups in total. The number of Topliss-reactive ketones (excluding diaryl/α,β-unsaturated/α-hetero) is 1. The molecular weight excluding hydrogens is 218 g/mol. The third-order valence-electron chi connectivity index (χ3n) is 2.66. The lowest BCUT2D eigenvalue weighted by molar-refractivity contribution is 0.0628. The Bertz CT molecular complexity index is 338. The van der Waals surface area contributed by atoms with Crippen molar-refractivity contribution >= 4 is 5.78 Å². The second-order valence-corrected chi connectivity index (χ2v) is 5.24. The van der Waals surface area contributed by atoms with E-state index < -0.39 is 6.10 Å². The number of furan rings is 1. The molecule has 0 saturated heterocycles. The zero-order valence-corrected chi connectivity index (χ0v) is 10.7. The highest BCUT2D eigenvalue weighted by atomic mass is 16.3. The topological polar surface area (TPSA) is 62.5 Å². The SMILES string of the molecule is CC(C)(C)C(O)CNCCC(=O)c1ccco1. The number of aliphatic hydroxyl groups excluding tert-OH is 1. The first-order chi connectivity index (χ1) is 7.91. The fourth-order valence-electron chi connectivity index (χ4n) is 1.31. The van der Waals surface area contributed by atoms with E-state index in [4.69, 9.17) is 4.42 Å². The van der Waals surface area contributed by atoms with Crippen LogP contribution in [0.4, 0.5) is 0 Å². The first-order valence-corrected chi connectivity index (χ1v) is 5.87. The van der Waals surface area contributed by atoms with E-state index in [9.17, 15) is 9.90 Å². The average molecular weight is 239 g/mol. The number of ketones is 1. The van der Waals surface area contributed by atoms with Gasteiger partial charge in [-0.25, -0.2) is 0 Å². The molecule has 0 fully saturated rings. The van der Waals surface area contributed by atoms with Gasteiger partial charge in [0.15, 0.2) is 11.5 Å². The van der Waals surface area contributed by atoms with Gasteiger partial charge in [-0.2, -0.15) is 0 Å². The number of aliphatic hydroxyl groups is 1. The van der Waals surface area contributed by atoms with Crippen LogP contribution >= 0.6 is 0 Å². The second kappa shape index (κ2) is 5.98. The summed E-state index contributed by atoms with van der Waals surface area (Å²) in [6.07, 6.45) is 1.45. The van der Waals surface area contributed by atoms with Crippen LogP contribution in [0.15, 0.2) is 22.8 Å². The molecule has 17 heavy (non-hydrogen) atoms. The van der Waals surface area contributed by atoms with Crippen molar-refractivity contribution in [2.24, 2.45) is 5.41 Å². The molecule has 0 spiro atoms. The molecule has 1 aromatic rings. The van der Waals surface area contributed by atoms with Gasteiger partial charge in [0.1, 0.15) is 0 Å². The van der Waals surface area contributed by atoms with Gasteiger partial charge in [-0.05, 0) is 17.5 Å². The highest BCUT2D eigenvalue weighted by Gasteiger charge is 2.21. The largest absolute Gasteiger partial charge is 0.461 e. The monoisotopic (exact) mass is 239 g/mol. The molecule has 0 aromatic carbocycles. The number of nitrogens with one attached hydrogen (secondary N) is 1. The summed E-state index contributed by atoms with van der Waals surface area (Å²) in [6.45, 7) is 6.98. The molecule has 0 saturated carbocycles. The molecule has 1 unspecified atom stereocenters. The normalized spacial score (nSPS) is 13.6. The van der Waals surface area contributed by atoms with Crippen LogP contribution in [0.3, 0.4) is 0 Å². The molecule has 1 rings (SSSR count). The zero-order chi connectivity index (χ0) is 12.9. The summed E-state index contributed by atoms with van der Waals surface area (Å²) in [7, 11) is 0. The van der Waals surface area contributed by atoms with Crippen LogP contribution in [0.5, 0.6) is 0 Å². The van der Waals surface area contributed by atoms with E-state index in [0.29, 0.717) is 25.3 Å². The fourth-order valence-corrected chi connectivity index (χ4v) is 1.31. The van der Waals surface area contributed by atoms with Crippen molar-refractivity contribution in [2.75, 3.05) is 13.1 Å². The lowest BCUT2D eigenvalue weighted by atomic mass is 9.89. The van der Waals surface area contributed by atoms with Crippen LogP contribution in [0, 0.1) is 5.41 Å². The van der Waals surface area contributed by atoms with Gasteiger partial charge in [0.25, 0.3) is 0 Å². The Labute approximate surface area is 102 Å². The van der Waals surface area contributed by atoms with Crippen LogP contribution in [0.1, 0.15) is 37.7 Å². The maximum atomic E-state index is 11.6.